The molecule has 0 amide bonds. The van der Waals surface area contributed by atoms with Gasteiger partial charge in [-0.3, -0.25) is 4.40 Å². The van der Waals surface area contributed by atoms with Gasteiger partial charge in [0.15, 0.2) is 5.69 Å². The first-order chi connectivity index (χ1) is 7.54. The number of aryl methyl sites for hydroxylation is 1. The molecule has 0 unspecified atom stereocenters. The molecule has 5 nitrogen and oxygen atoms in total. The Morgan fingerprint density at radius 1 is 1.62 bits per heavy atom. The lowest BCUT2D eigenvalue weighted by Crippen LogP contribution is -2.03. The molecule has 2 rings (SSSR count). The highest BCUT2D eigenvalue weighted by Crippen LogP contribution is 2.27. The molecule has 0 saturated heterocycles. The number of fused-ring (bicyclic) bond motifs is 1. The minimum atomic E-state index is -0.998. The molecule has 16 heavy (non-hydrogen) atoms. The normalized spacial score (nSPS) is 10.7. The van der Waals surface area contributed by atoms with Crippen LogP contribution in [0.15, 0.2) is 16.7 Å². The van der Waals surface area contributed by atoms with Gasteiger partial charge in [0.1, 0.15) is 11.4 Å². The average Bonchev–Trinajstić information content (AvgIpc) is 2.51. The van der Waals surface area contributed by atoms with Crippen LogP contribution in [0.3, 0.4) is 0 Å². The summed E-state index contributed by atoms with van der Waals surface area (Å²) in [6, 6.07) is 1.68. The van der Waals surface area contributed by atoms with Crippen LogP contribution in [0.25, 0.3) is 5.65 Å². The Morgan fingerprint density at radius 2 is 2.31 bits per heavy atom. The second-order valence-electron chi connectivity index (χ2n) is 3.27. The minimum absolute atomic E-state index is 0.165. The number of aromatic nitrogens is 2. The molecule has 0 atom stereocenters. The van der Waals surface area contributed by atoms with E-state index < -0.39 is 5.97 Å². The molecule has 2 heterocycles. The Bertz CT molecular complexity index is 577. The van der Waals surface area contributed by atoms with Gasteiger partial charge in [-0.15, -0.1) is 0 Å². The average molecular weight is 285 g/mol. The number of carboxylic acids is 1. The summed E-state index contributed by atoms with van der Waals surface area (Å²) in [5.41, 5.74) is 1.20. The van der Waals surface area contributed by atoms with Crippen molar-refractivity contribution in [1.82, 2.24) is 9.38 Å². The SMILES string of the molecule is COc1cc2nc(C)c(C(=O)O)n2cc1Br. The van der Waals surface area contributed by atoms with Gasteiger partial charge < -0.3 is 9.84 Å². The molecule has 2 aromatic heterocycles. The van der Waals surface area contributed by atoms with Gasteiger partial charge in [0.25, 0.3) is 0 Å². The zero-order valence-corrected chi connectivity index (χ0v) is 10.3. The molecular formula is C10H9BrN2O3. The van der Waals surface area contributed by atoms with Crippen LogP contribution in [0.1, 0.15) is 16.2 Å². The second kappa shape index (κ2) is 3.79. The van der Waals surface area contributed by atoms with Gasteiger partial charge in [-0.1, -0.05) is 0 Å². The Kier molecular flexibility index (Phi) is 2.59. The van der Waals surface area contributed by atoms with Crippen LogP contribution in [-0.2, 0) is 0 Å². The van der Waals surface area contributed by atoms with Crippen LogP contribution >= 0.6 is 15.9 Å². The van der Waals surface area contributed by atoms with Gasteiger partial charge in [-0.2, -0.15) is 0 Å². The number of hydrogen-bond acceptors (Lipinski definition) is 3. The number of methoxy groups -OCH3 is 1. The predicted octanol–water partition coefficient (Wildman–Crippen LogP) is 2.11. The van der Waals surface area contributed by atoms with Gasteiger partial charge in [0.05, 0.1) is 17.3 Å². The van der Waals surface area contributed by atoms with Crippen LogP contribution in [0, 0.1) is 6.92 Å². The van der Waals surface area contributed by atoms with Crippen molar-refractivity contribution in [3.8, 4) is 5.75 Å². The largest absolute Gasteiger partial charge is 0.495 e. The van der Waals surface area contributed by atoms with E-state index in [1.54, 1.807) is 26.3 Å². The van der Waals surface area contributed by atoms with Gasteiger partial charge in [-0.25, -0.2) is 9.78 Å². The first-order valence-electron chi connectivity index (χ1n) is 4.50. The lowest BCUT2D eigenvalue weighted by Gasteiger charge is -2.04. The topological polar surface area (TPSA) is 63.8 Å². The van der Waals surface area contributed by atoms with Gasteiger partial charge in [0.2, 0.25) is 0 Å². The fraction of sp³-hybridized carbons (Fsp3) is 0.200. The molecule has 2 aromatic rings. The number of rotatable bonds is 2. The highest BCUT2D eigenvalue weighted by atomic mass is 79.9. The van der Waals surface area contributed by atoms with E-state index in [-0.39, 0.29) is 5.69 Å². The summed E-state index contributed by atoms with van der Waals surface area (Å²) in [6.07, 6.45) is 1.64. The van der Waals surface area contributed by atoms with Gasteiger partial charge in [0, 0.05) is 12.3 Å². The maximum atomic E-state index is 11.1. The quantitative estimate of drug-likeness (QED) is 0.917. The summed E-state index contributed by atoms with van der Waals surface area (Å²) in [4.78, 5) is 15.2. The molecule has 84 valence electrons. The molecule has 0 aliphatic rings. The maximum Gasteiger partial charge on any atom is 0.354 e. The molecule has 0 aromatic carbocycles. The predicted molar refractivity (Wildman–Crippen MR) is 61.1 cm³/mol. The molecule has 0 radical (unpaired) electrons. The molecular weight excluding hydrogens is 276 g/mol. The first kappa shape index (κ1) is 10.9. The zero-order valence-electron chi connectivity index (χ0n) is 8.69. The van der Waals surface area contributed by atoms with Crippen molar-refractivity contribution < 1.29 is 14.6 Å². The van der Waals surface area contributed by atoms with Crippen molar-refractivity contribution in [2.24, 2.45) is 0 Å². The van der Waals surface area contributed by atoms with Crippen molar-refractivity contribution in [3.63, 3.8) is 0 Å². The Morgan fingerprint density at radius 3 is 2.88 bits per heavy atom. The number of pyridine rings is 1. The number of aromatic carboxylic acids is 1. The van der Waals surface area contributed by atoms with Crippen molar-refractivity contribution >= 4 is 27.5 Å². The van der Waals surface area contributed by atoms with Crippen LogP contribution < -0.4 is 4.74 Å². The smallest absolute Gasteiger partial charge is 0.354 e. The molecule has 0 saturated carbocycles. The van der Waals surface area contributed by atoms with Gasteiger partial charge in [-0.05, 0) is 22.9 Å². The third-order valence-electron chi connectivity index (χ3n) is 2.27. The standard InChI is InChI=1S/C10H9BrN2O3/c1-5-9(10(14)15)13-4-6(11)7(16-2)3-8(13)12-5/h3-4H,1-2H3,(H,14,15). The fourth-order valence-electron chi connectivity index (χ4n) is 1.58. The Hall–Kier alpha value is -1.56. The molecule has 6 heteroatoms. The third-order valence-corrected chi connectivity index (χ3v) is 2.87. The summed E-state index contributed by atoms with van der Waals surface area (Å²) in [5, 5.41) is 9.06. The summed E-state index contributed by atoms with van der Waals surface area (Å²) in [5.74, 6) is -0.378. The Balaban J connectivity index is 2.81. The highest BCUT2D eigenvalue weighted by Gasteiger charge is 2.16. The van der Waals surface area contributed by atoms with Crippen LogP contribution in [0.4, 0.5) is 0 Å². The third kappa shape index (κ3) is 1.55. The van der Waals surface area contributed by atoms with Crippen molar-refractivity contribution in [2.75, 3.05) is 7.11 Å². The van der Waals surface area contributed by atoms with Crippen LogP contribution in [-0.4, -0.2) is 27.6 Å². The molecule has 0 aliphatic heterocycles. The highest BCUT2D eigenvalue weighted by molar-refractivity contribution is 9.10. The summed E-state index contributed by atoms with van der Waals surface area (Å²) >= 11 is 3.30. The lowest BCUT2D eigenvalue weighted by molar-refractivity contribution is 0.0688. The number of imidazole rings is 1. The molecule has 0 fully saturated rings. The summed E-state index contributed by atoms with van der Waals surface area (Å²) in [7, 11) is 1.55. The second-order valence-corrected chi connectivity index (χ2v) is 4.12. The van der Waals surface area contributed by atoms with E-state index in [2.05, 4.69) is 20.9 Å². The van der Waals surface area contributed by atoms with E-state index in [4.69, 9.17) is 9.84 Å². The summed E-state index contributed by atoms with van der Waals surface area (Å²) in [6.45, 7) is 1.66. The first-order valence-corrected chi connectivity index (χ1v) is 5.29. The van der Waals surface area contributed by atoms with E-state index in [9.17, 15) is 4.79 Å². The van der Waals surface area contributed by atoms with Crippen LogP contribution in [0.5, 0.6) is 5.75 Å². The maximum absolute atomic E-state index is 11.1. The van der Waals surface area contributed by atoms with E-state index in [0.717, 1.165) is 0 Å². The zero-order chi connectivity index (χ0) is 11.9. The van der Waals surface area contributed by atoms with E-state index in [1.807, 2.05) is 0 Å². The Labute approximate surface area is 99.8 Å². The van der Waals surface area contributed by atoms with Crippen molar-refractivity contribution in [1.29, 1.82) is 0 Å². The van der Waals surface area contributed by atoms with E-state index >= 15 is 0 Å². The van der Waals surface area contributed by atoms with E-state index in [1.165, 1.54) is 4.40 Å². The van der Waals surface area contributed by atoms with Crippen LogP contribution in [0.2, 0.25) is 0 Å². The number of nitrogens with zero attached hydrogens (tertiary/aromatic N) is 2. The number of hydrogen-bond donors (Lipinski definition) is 1. The minimum Gasteiger partial charge on any atom is -0.495 e. The van der Waals surface area contributed by atoms with E-state index in [0.29, 0.717) is 21.6 Å². The number of carbonyl (C=O) groups is 1. The molecule has 0 aliphatic carbocycles. The summed E-state index contributed by atoms with van der Waals surface area (Å²) < 4.78 is 7.32. The van der Waals surface area contributed by atoms with Crippen molar-refractivity contribution in [2.45, 2.75) is 6.92 Å². The molecule has 0 bridgehead atoms. The fourth-order valence-corrected chi connectivity index (χ4v) is 2.06. The number of carboxylic acid groups (broad SMARTS) is 1. The van der Waals surface area contributed by atoms with Gasteiger partial charge >= 0.3 is 5.97 Å². The number of halogens is 1. The van der Waals surface area contributed by atoms with Crippen molar-refractivity contribution in [3.05, 3.63) is 28.1 Å². The monoisotopic (exact) mass is 284 g/mol. The molecule has 0 spiro atoms. The number of ether oxygens (including phenoxy) is 1. The molecule has 1 N–H and O–H groups in total. The lowest BCUT2D eigenvalue weighted by atomic mass is 10.3.